The van der Waals surface area contributed by atoms with Gasteiger partial charge >= 0.3 is 0 Å². The van der Waals surface area contributed by atoms with E-state index in [0.717, 1.165) is 41.0 Å². The molecule has 7 nitrogen and oxygen atoms in total. The van der Waals surface area contributed by atoms with Gasteiger partial charge in [-0.3, -0.25) is 9.59 Å². The van der Waals surface area contributed by atoms with Crippen LogP contribution in [0, 0.1) is 0 Å². The Hall–Kier alpha value is -3.32. The Labute approximate surface area is 197 Å². The second-order valence-electron chi connectivity index (χ2n) is 7.40. The summed E-state index contributed by atoms with van der Waals surface area (Å²) in [5.74, 6) is -0.314. The molecule has 0 spiro atoms. The highest BCUT2D eigenvalue weighted by Crippen LogP contribution is 2.35. The van der Waals surface area contributed by atoms with E-state index < -0.39 is 0 Å². The molecule has 1 aliphatic rings. The van der Waals surface area contributed by atoms with Crippen molar-refractivity contribution in [2.24, 2.45) is 5.73 Å². The number of rotatable bonds is 8. The summed E-state index contributed by atoms with van der Waals surface area (Å²) in [6.07, 6.45) is 1.13. The van der Waals surface area contributed by atoms with Gasteiger partial charge in [0.1, 0.15) is 6.61 Å². The second-order valence-corrected chi connectivity index (χ2v) is 7.40. The zero-order valence-electron chi connectivity index (χ0n) is 20.1. The van der Waals surface area contributed by atoms with Crippen LogP contribution in [-0.2, 0) is 20.9 Å². The van der Waals surface area contributed by atoms with E-state index in [1.807, 2.05) is 62.4 Å². The molecule has 0 fully saturated rings. The van der Waals surface area contributed by atoms with E-state index >= 15 is 0 Å². The van der Waals surface area contributed by atoms with E-state index in [2.05, 4.69) is 17.6 Å². The molecule has 0 bridgehead atoms. The maximum absolute atomic E-state index is 13.3. The van der Waals surface area contributed by atoms with Gasteiger partial charge in [0.2, 0.25) is 11.8 Å². The van der Waals surface area contributed by atoms with E-state index in [-0.39, 0.29) is 31.4 Å². The maximum Gasteiger partial charge on any atom is 0.245 e. The number of carbonyl (C=O) groups is 2. The van der Waals surface area contributed by atoms with Crippen molar-refractivity contribution >= 4 is 28.9 Å². The van der Waals surface area contributed by atoms with Crippen LogP contribution < -0.4 is 21.3 Å². The summed E-state index contributed by atoms with van der Waals surface area (Å²) in [4.78, 5) is 26.7. The zero-order valence-corrected chi connectivity index (χ0v) is 20.1. The molecule has 0 aliphatic carbocycles. The van der Waals surface area contributed by atoms with E-state index in [1.54, 1.807) is 4.90 Å². The molecule has 3 rings (SSSR count). The molecule has 0 radical (unpaired) electrons. The summed E-state index contributed by atoms with van der Waals surface area (Å²) in [5, 5.41) is 6.18. The van der Waals surface area contributed by atoms with Crippen molar-refractivity contribution in [3.8, 4) is 0 Å². The summed E-state index contributed by atoms with van der Waals surface area (Å²) in [6.45, 7) is 7.50. The molecule has 2 amide bonds. The minimum absolute atomic E-state index is 0.0232. The highest BCUT2D eigenvalue weighted by molar-refractivity contribution is 6.01. The van der Waals surface area contributed by atoms with Crippen LogP contribution in [0.2, 0.25) is 0 Å². The standard InChI is InChI=1S/C24H30N4O3.C2H6/c1-3-13-27-24-19-10-6-7-11-20(19)28(22(30)12-14-26-21(29)16-31-2)15-17-8-4-5-9-18(17)23(24)25;1-2/h4-11,27H,3,12-16,25H2,1-2H3,(H,26,29);1-2H3/b24-23-;. The van der Waals surface area contributed by atoms with Gasteiger partial charge in [-0.1, -0.05) is 63.2 Å². The third-order valence-electron chi connectivity index (χ3n) is 5.16. The average Bonchev–Trinajstić information content (AvgIpc) is 2.84. The predicted molar refractivity (Wildman–Crippen MR) is 134 cm³/mol. The van der Waals surface area contributed by atoms with Crippen molar-refractivity contribution in [1.29, 1.82) is 0 Å². The number of ether oxygens (including phenoxy) is 1. The molecule has 0 saturated heterocycles. The van der Waals surface area contributed by atoms with Gasteiger partial charge in [-0.15, -0.1) is 0 Å². The van der Waals surface area contributed by atoms with Crippen LogP contribution in [0.4, 0.5) is 5.69 Å². The van der Waals surface area contributed by atoms with Crippen LogP contribution in [-0.4, -0.2) is 38.6 Å². The van der Waals surface area contributed by atoms with Crippen LogP contribution in [0.3, 0.4) is 0 Å². The summed E-state index contributed by atoms with van der Waals surface area (Å²) in [7, 11) is 1.46. The number of amides is 2. The number of nitrogens with one attached hydrogen (secondary N) is 2. The number of nitrogens with zero attached hydrogens (tertiary/aromatic N) is 1. The van der Waals surface area contributed by atoms with Gasteiger partial charge in [0.25, 0.3) is 0 Å². The number of nitrogens with two attached hydrogens (primary N) is 1. The first-order valence-electron chi connectivity index (χ1n) is 11.5. The van der Waals surface area contributed by atoms with Gasteiger partial charge in [-0.25, -0.2) is 0 Å². The molecule has 0 aromatic heterocycles. The number of fused-ring (bicyclic) bond motifs is 2. The lowest BCUT2D eigenvalue weighted by Crippen LogP contribution is -2.37. The number of anilines is 1. The van der Waals surface area contributed by atoms with E-state index in [9.17, 15) is 9.59 Å². The van der Waals surface area contributed by atoms with Crippen molar-refractivity contribution in [2.75, 3.05) is 31.7 Å². The maximum atomic E-state index is 13.3. The number of carbonyl (C=O) groups excluding carboxylic acids is 2. The SMILES string of the molecule is CC.CCCN/C1=C(\N)c2ccccc2CN(C(=O)CCNC(=O)COC)c2ccccc21. The van der Waals surface area contributed by atoms with Gasteiger partial charge in [-0.2, -0.15) is 0 Å². The topological polar surface area (TPSA) is 96.7 Å². The first kappa shape index (κ1) is 25.9. The van der Waals surface area contributed by atoms with Crippen LogP contribution >= 0.6 is 0 Å². The number of benzene rings is 2. The van der Waals surface area contributed by atoms with E-state index in [1.165, 1.54) is 7.11 Å². The molecule has 2 aromatic carbocycles. The van der Waals surface area contributed by atoms with Crippen molar-refractivity contribution in [3.63, 3.8) is 0 Å². The van der Waals surface area contributed by atoms with Crippen LogP contribution in [0.5, 0.6) is 0 Å². The fourth-order valence-electron chi connectivity index (χ4n) is 3.67. The summed E-state index contributed by atoms with van der Waals surface area (Å²) < 4.78 is 4.82. The number of hydrogen-bond acceptors (Lipinski definition) is 5. The van der Waals surface area contributed by atoms with Crippen molar-refractivity contribution < 1.29 is 14.3 Å². The fraction of sp³-hybridized carbons (Fsp3) is 0.385. The Morgan fingerprint density at radius 1 is 1.03 bits per heavy atom. The second kappa shape index (κ2) is 13.3. The molecule has 4 N–H and O–H groups in total. The first-order chi connectivity index (χ1) is 16.1. The number of para-hydroxylation sites is 1. The van der Waals surface area contributed by atoms with Crippen LogP contribution in [0.15, 0.2) is 48.5 Å². The summed E-state index contributed by atoms with van der Waals surface area (Å²) >= 11 is 0. The first-order valence-corrected chi connectivity index (χ1v) is 11.5. The summed E-state index contributed by atoms with van der Waals surface area (Å²) in [5.41, 5.74) is 11.7. The van der Waals surface area contributed by atoms with E-state index in [4.69, 9.17) is 10.5 Å². The lowest BCUT2D eigenvalue weighted by atomic mass is 9.96. The normalized spacial score (nSPS) is 14.6. The molecule has 0 unspecified atom stereocenters. The summed E-state index contributed by atoms with van der Waals surface area (Å²) in [6, 6.07) is 15.7. The fourth-order valence-corrected chi connectivity index (χ4v) is 3.67. The Kier molecular flexibility index (Phi) is 10.4. The Morgan fingerprint density at radius 2 is 1.70 bits per heavy atom. The molecule has 1 heterocycles. The average molecular weight is 453 g/mol. The molecular weight excluding hydrogens is 416 g/mol. The Balaban J connectivity index is 0.00000187. The van der Waals surface area contributed by atoms with Gasteiger partial charge < -0.3 is 26.0 Å². The Morgan fingerprint density at radius 3 is 2.39 bits per heavy atom. The minimum Gasteiger partial charge on any atom is -0.397 e. The molecule has 178 valence electrons. The molecule has 33 heavy (non-hydrogen) atoms. The minimum atomic E-state index is -0.240. The molecule has 1 aliphatic heterocycles. The van der Waals surface area contributed by atoms with Gasteiger partial charge in [0.15, 0.2) is 0 Å². The highest BCUT2D eigenvalue weighted by atomic mass is 16.5. The molecule has 2 aromatic rings. The molecule has 0 saturated carbocycles. The lowest BCUT2D eigenvalue weighted by molar-refractivity contribution is -0.124. The third kappa shape index (κ3) is 6.58. The largest absolute Gasteiger partial charge is 0.397 e. The van der Waals surface area contributed by atoms with Crippen molar-refractivity contribution in [3.05, 3.63) is 65.2 Å². The molecule has 0 atom stereocenters. The number of methoxy groups -OCH3 is 1. The zero-order chi connectivity index (χ0) is 24.2. The van der Waals surface area contributed by atoms with Gasteiger partial charge in [0, 0.05) is 37.7 Å². The smallest absolute Gasteiger partial charge is 0.245 e. The van der Waals surface area contributed by atoms with Crippen LogP contribution in [0.1, 0.15) is 50.3 Å². The molecular formula is C26H36N4O3. The van der Waals surface area contributed by atoms with E-state index in [0.29, 0.717) is 12.2 Å². The number of hydrogen-bond donors (Lipinski definition) is 3. The van der Waals surface area contributed by atoms with Crippen molar-refractivity contribution in [2.45, 2.75) is 40.2 Å². The van der Waals surface area contributed by atoms with Gasteiger partial charge in [0.05, 0.1) is 23.6 Å². The highest BCUT2D eigenvalue weighted by Gasteiger charge is 2.25. The predicted octanol–water partition coefficient (Wildman–Crippen LogP) is 3.50. The third-order valence-corrected chi connectivity index (χ3v) is 5.16. The molecule has 7 heteroatoms. The monoisotopic (exact) mass is 452 g/mol. The lowest BCUT2D eigenvalue weighted by Gasteiger charge is -2.30. The van der Waals surface area contributed by atoms with Gasteiger partial charge in [-0.05, 0) is 18.1 Å². The quantitative estimate of drug-likeness (QED) is 0.570. The van der Waals surface area contributed by atoms with Crippen molar-refractivity contribution in [1.82, 2.24) is 10.6 Å². The van der Waals surface area contributed by atoms with Crippen LogP contribution in [0.25, 0.3) is 11.4 Å². The Bertz CT molecular complexity index is 972.